The van der Waals surface area contributed by atoms with Crippen LogP contribution in [0.1, 0.15) is 31.2 Å². The van der Waals surface area contributed by atoms with E-state index in [9.17, 15) is 13.2 Å². The normalized spacial score (nSPS) is 17.3. The number of hydroxylamine groups is 2. The van der Waals surface area contributed by atoms with Crippen LogP contribution in [-0.2, 0) is 19.2 Å². The van der Waals surface area contributed by atoms with Crippen molar-refractivity contribution in [2.75, 3.05) is 6.54 Å². The van der Waals surface area contributed by atoms with Gasteiger partial charge in [-0.05, 0) is 31.9 Å². The standard InChI is InChI=1S/C13H17NO4S/c1-11-6-8-12(9-7-11)19(16,17)18-14-10-4-2-3-5-13(14)15/h6-9H,2-5,10H2,1H3. The van der Waals surface area contributed by atoms with Crippen LogP contribution in [0, 0.1) is 6.92 Å². The molecule has 0 spiro atoms. The number of nitrogens with zero attached hydrogens (tertiary/aromatic N) is 1. The highest BCUT2D eigenvalue weighted by atomic mass is 32.2. The van der Waals surface area contributed by atoms with E-state index in [1.165, 1.54) is 12.1 Å². The maximum atomic E-state index is 12.1. The van der Waals surface area contributed by atoms with Gasteiger partial charge in [-0.1, -0.05) is 24.1 Å². The van der Waals surface area contributed by atoms with Crippen molar-refractivity contribution < 1.29 is 17.5 Å². The van der Waals surface area contributed by atoms with Crippen LogP contribution in [0.2, 0.25) is 0 Å². The molecule has 6 heteroatoms. The van der Waals surface area contributed by atoms with Gasteiger partial charge < -0.3 is 0 Å². The molecule has 2 rings (SSSR count). The predicted octanol–water partition coefficient (Wildman–Crippen LogP) is 2.02. The van der Waals surface area contributed by atoms with Crippen molar-refractivity contribution in [2.24, 2.45) is 0 Å². The molecular formula is C13H17NO4S. The molecule has 0 bridgehead atoms. The second-order valence-electron chi connectivity index (χ2n) is 4.65. The van der Waals surface area contributed by atoms with Gasteiger partial charge in [0.25, 0.3) is 0 Å². The first-order chi connectivity index (χ1) is 8.99. The molecule has 1 aliphatic heterocycles. The highest BCUT2D eigenvalue weighted by Crippen LogP contribution is 2.18. The Labute approximate surface area is 113 Å². The summed E-state index contributed by atoms with van der Waals surface area (Å²) in [6, 6.07) is 6.35. The Hall–Kier alpha value is -1.40. The Morgan fingerprint density at radius 2 is 1.79 bits per heavy atom. The zero-order valence-electron chi connectivity index (χ0n) is 10.8. The summed E-state index contributed by atoms with van der Waals surface area (Å²) in [5, 5.41) is 0.974. The van der Waals surface area contributed by atoms with Gasteiger partial charge in [0, 0.05) is 6.42 Å². The highest BCUT2D eigenvalue weighted by Gasteiger charge is 2.25. The quantitative estimate of drug-likeness (QED) is 0.851. The molecule has 1 amide bonds. The fourth-order valence-electron chi connectivity index (χ4n) is 1.90. The summed E-state index contributed by atoms with van der Waals surface area (Å²) in [6.07, 6.45) is 2.79. The Morgan fingerprint density at radius 3 is 2.47 bits per heavy atom. The lowest BCUT2D eigenvalue weighted by molar-refractivity contribution is -0.155. The van der Waals surface area contributed by atoms with Crippen molar-refractivity contribution in [3.8, 4) is 0 Å². The molecule has 0 saturated carbocycles. The number of carbonyl (C=O) groups excluding carboxylic acids is 1. The van der Waals surface area contributed by atoms with E-state index in [1.54, 1.807) is 12.1 Å². The zero-order valence-corrected chi connectivity index (χ0v) is 11.6. The van der Waals surface area contributed by atoms with Crippen LogP contribution in [0.15, 0.2) is 29.2 Å². The van der Waals surface area contributed by atoms with Gasteiger partial charge in [0.1, 0.15) is 0 Å². The Kier molecular flexibility index (Phi) is 4.21. The summed E-state index contributed by atoms with van der Waals surface area (Å²) in [5.74, 6) is -0.270. The summed E-state index contributed by atoms with van der Waals surface area (Å²) in [6.45, 7) is 2.19. The number of hydrogen-bond donors (Lipinski definition) is 0. The molecular weight excluding hydrogens is 266 g/mol. The molecule has 1 fully saturated rings. The molecule has 1 aromatic carbocycles. The van der Waals surface area contributed by atoms with Crippen LogP contribution in [-0.4, -0.2) is 25.9 Å². The van der Waals surface area contributed by atoms with Gasteiger partial charge in [0.05, 0.1) is 11.4 Å². The molecule has 0 aromatic heterocycles. The third-order valence-electron chi connectivity index (χ3n) is 3.03. The van der Waals surface area contributed by atoms with E-state index in [4.69, 9.17) is 4.28 Å². The highest BCUT2D eigenvalue weighted by molar-refractivity contribution is 7.86. The minimum absolute atomic E-state index is 0.0650. The fourth-order valence-corrected chi connectivity index (χ4v) is 2.85. The maximum Gasteiger partial charge on any atom is 0.317 e. The monoisotopic (exact) mass is 283 g/mol. The molecule has 0 aliphatic carbocycles. The van der Waals surface area contributed by atoms with Crippen molar-refractivity contribution in [2.45, 2.75) is 37.5 Å². The van der Waals surface area contributed by atoms with E-state index in [0.29, 0.717) is 13.0 Å². The lowest BCUT2D eigenvalue weighted by atomic mass is 10.2. The van der Waals surface area contributed by atoms with Crippen LogP contribution >= 0.6 is 0 Å². The van der Waals surface area contributed by atoms with E-state index >= 15 is 0 Å². The Balaban J connectivity index is 2.16. The molecule has 0 atom stereocenters. The predicted molar refractivity (Wildman–Crippen MR) is 69.6 cm³/mol. The van der Waals surface area contributed by atoms with Crippen molar-refractivity contribution in [3.05, 3.63) is 29.8 Å². The van der Waals surface area contributed by atoms with Crippen molar-refractivity contribution in [1.82, 2.24) is 5.06 Å². The van der Waals surface area contributed by atoms with Gasteiger partial charge in [-0.3, -0.25) is 4.79 Å². The Bertz CT molecular complexity index is 551. The molecule has 1 heterocycles. The molecule has 0 N–H and O–H groups in total. The van der Waals surface area contributed by atoms with Crippen LogP contribution in [0.4, 0.5) is 0 Å². The van der Waals surface area contributed by atoms with Gasteiger partial charge in [0.15, 0.2) is 0 Å². The molecule has 104 valence electrons. The van der Waals surface area contributed by atoms with Gasteiger partial charge in [-0.15, -0.1) is 4.28 Å². The molecule has 1 aromatic rings. The van der Waals surface area contributed by atoms with Crippen LogP contribution in [0.5, 0.6) is 0 Å². The number of hydrogen-bond acceptors (Lipinski definition) is 4. The van der Waals surface area contributed by atoms with Crippen LogP contribution in [0.25, 0.3) is 0 Å². The average Bonchev–Trinajstić information content (AvgIpc) is 2.55. The first-order valence-corrected chi connectivity index (χ1v) is 7.71. The largest absolute Gasteiger partial charge is 0.317 e. The number of amides is 1. The second-order valence-corrected chi connectivity index (χ2v) is 6.18. The van der Waals surface area contributed by atoms with Crippen LogP contribution < -0.4 is 0 Å². The van der Waals surface area contributed by atoms with Crippen molar-refractivity contribution >= 4 is 16.0 Å². The third kappa shape index (κ3) is 3.54. The Morgan fingerprint density at radius 1 is 1.11 bits per heavy atom. The van der Waals surface area contributed by atoms with E-state index in [1.807, 2.05) is 6.92 Å². The molecule has 0 unspecified atom stereocenters. The maximum absolute atomic E-state index is 12.1. The summed E-state index contributed by atoms with van der Waals surface area (Å²) >= 11 is 0. The van der Waals surface area contributed by atoms with E-state index in [-0.39, 0.29) is 10.8 Å². The third-order valence-corrected chi connectivity index (χ3v) is 4.25. The number of benzene rings is 1. The smallest absolute Gasteiger partial charge is 0.273 e. The molecule has 5 nitrogen and oxygen atoms in total. The summed E-state index contributed by atoms with van der Waals surface area (Å²) in [7, 11) is -3.92. The van der Waals surface area contributed by atoms with E-state index < -0.39 is 10.1 Å². The first-order valence-electron chi connectivity index (χ1n) is 6.31. The minimum Gasteiger partial charge on any atom is -0.273 e. The number of rotatable bonds is 3. The van der Waals surface area contributed by atoms with Gasteiger partial charge in [0.2, 0.25) is 5.91 Å². The molecule has 0 radical (unpaired) electrons. The topological polar surface area (TPSA) is 63.7 Å². The van der Waals surface area contributed by atoms with Gasteiger partial charge in [-0.2, -0.15) is 8.42 Å². The molecule has 1 saturated heterocycles. The van der Waals surface area contributed by atoms with Crippen molar-refractivity contribution in [1.29, 1.82) is 0 Å². The molecule has 1 aliphatic rings. The first kappa shape index (κ1) is 14.0. The van der Waals surface area contributed by atoms with Gasteiger partial charge in [-0.25, -0.2) is 5.06 Å². The molecule has 19 heavy (non-hydrogen) atoms. The lowest BCUT2D eigenvalue weighted by Gasteiger charge is -2.18. The SMILES string of the molecule is Cc1ccc(S(=O)(=O)ON2CCCCCC2=O)cc1. The van der Waals surface area contributed by atoms with Gasteiger partial charge >= 0.3 is 10.1 Å². The van der Waals surface area contributed by atoms with E-state index in [0.717, 1.165) is 29.9 Å². The fraction of sp³-hybridized carbons (Fsp3) is 0.462. The van der Waals surface area contributed by atoms with Crippen molar-refractivity contribution in [3.63, 3.8) is 0 Å². The van der Waals surface area contributed by atoms with E-state index in [2.05, 4.69) is 0 Å². The van der Waals surface area contributed by atoms with Crippen LogP contribution in [0.3, 0.4) is 0 Å². The zero-order chi connectivity index (χ0) is 13.9. The number of aryl methyl sites for hydroxylation is 1. The summed E-state index contributed by atoms with van der Waals surface area (Å²) < 4.78 is 29.1. The number of carbonyl (C=O) groups is 1. The summed E-state index contributed by atoms with van der Waals surface area (Å²) in [4.78, 5) is 11.8. The lowest BCUT2D eigenvalue weighted by Crippen LogP contribution is -2.33. The average molecular weight is 283 g/mol. The minimum atomic E-state index is -3.92. The second kappa shape index (κ2) is 5.71. The summed E-state index contributed by atoms with van der Waals surface area (Å²) in [5.41, 5.74) is 0.963.